The van der Waals surface area contributed by atoms with E-state index < -0.39 is 8.80 Å². The first kappa shape index (κ1) is 15.8. The van der Waals surface area contributed by atoms with Crippen LogP contribution in [0.2, 0.25) is 0 Å². The van der Waals surface area contributed by atoms with Crippen molar-refractivity contribution >= 4 is 8.80 Å². The highest BCUT2D eigenvalue weighted by Crippen LogP contribution is 2.10. The molecule has 0 aliphatic carbocycles. The average Bonchev–Trinajstić information content (AvgIpc) is 2.26. The van der Waals surface area contributed by atoms with Crippen LogP contribution in [0.5, 0.6) is 0 Å². The lowest BCUT2D eigenvalue weighted by Gasteiger charge is -2.27. The Balaban J connectivity index is 4.22. The van der Waals surface area contributed by atoms with Crippen LogP contribution < -0.4 is 0 Å². The highest BCUT2D eigenvalue weighted by molar-refractivity contribution is 6.60. The largest absolute Gasteiger partial charge is 0.528 e. The van der Waals surface area contributed by atoms with Crippen molar-refractivity contribution in [1.29, 1.82) is 0 Å². The van der Waals surface area contributed by atoms with Gasteiger partial charge in [-0.3, -0.25) is 0 Å². The van der Waals surface area contributed by atoms with Gasteiger partial charge in [0, 0.05) is 19.8 Å². The van der Waals surface area contributed by atoms with Crippen LogP contribution in [0.15, 0.2) is 12.2 Å². The molecule has 96 valence electrons. The summed E-state index contributed by atoms with van der Waals surface area (Å²) >= 11 is 0. The first-order valence-electron chi connectivity index (χ1n) is 5.85. The zero-order valence-electron chi connectivity index (χ0n) is 10.8. The fourth-order valence-corrected chi connectivity index (χ4v) is 3.45. The predicted octanol–water partition coefficient (Wildman–Crippen LogP) is 2.17. The second-order valence-corrected chi connectivity index (χ2v) is 5.59. The third-order valence-corrected chi connectivity index (χ3v) is 4.56. The van der Waals surface area contributed by atoms with Gasteiger partial charge < -0.3 is 18.0 Å². The zero-order chi connectivity index (χ0) is 12.3. The molecule has 0 heterocycles. The Labute approximate surface area is 99.9 Å². The monoisotopic (exact) mass is 248 g/mol. The van der Waals surface area contributed by atoms with Gasteiger partial charge in [0.25, 0.3) is 0 Å². The van der Waals surface area contributed by atoms with Gasteiger partial charge in [0.05, 0.1) is 6.61 Å². The Morgan fingerprint density at radius 3 is 1.81 bits per heavy atom. The standard InChI is InChI=1S/C11H24O4Si/c1-5-9-10-12-11-16(13-6-2,14-7-3)15-8-4/h5,9H,6-8,10-11H2,1-4H3. The summed E-state index contributed by atoms with van der Waals surface area (Å²) in [6.07, 6.45) is 4.31. The maximum absolute atomic E-state index is 5.64. The van der Waals surface area contributed by atoms with E-state index in [-0.39, 0.29) is 0 Å². The Hall–Kier alpha value is -0.203. The zero-order valence-corrected chi connectivity index (χ0v) is 11.8. The molecule has 5 heteroatoms. The van der Waals surface area contributed by atoms with Crippen molar-refractivity contribution in [2.75, 3.05) is 32.7 Å². The highest BCUT2D eigenvalue weighted by atomic mass is 28.4. The summed E-state index contributed by atoms with van der Waals surface area (Å²) in [6.45, 7) is 10.1. The minimum atomic E-state index is -2.60. The summed E-state index contributed by atoms with van der Waals surface area (Å²) in [6, 6.07) is 0. The average molecular weight is 248 g/mol. The molecule has 0 fully saturated rings. The third kappa shape index (κ3) is 6.39. The van der Waals surface area contributed by atoms with Crippen LogP contribution >= 0.6 is 0 Å². The van der Waals surface area contributed by atoms with Crippen LogP contribution in [0.25, 0.3) is 0 Å². The van der Waals surface area contributed by atoms with Crippen molar-refractivity contribution in [2.24, 2.45) is 0 Å². The van der Waals surface area contributed by atoms with Gasteiger partial charge in [-0.1, -0.05) is 12.2 Å². The van der Waals surface area contributed by atoms with Gasteiger partial charge in [-0.25, -0.2) is 0 Å². The molecule has 0 saturated carbocycles. The van der Waals surface area contributed by atoms with Gasteiger partial charge in [0.1, 0.15) is 6.23 Å². The first-order chi connectivity index (χ1) is 7.74. The molecule has 0 N–H and O–H groups in total. The van der Waals surface area contributed by atoms with E-state index in [0.29, 0.717) is 32.7 Å². The topological polar surface area (TPSA) is 36.9 Å². The predicted molar refractivity (Wildman–Crippen MR) is 66.3 cm³/mol. The molecule has 4 nitrogen and oxygen atoms in total. The summed E-state index contributed by atoms with van der Waals surface area (Å²) in [7, 11) is -2.60. The lowest BCUT2D eigenvalue weighted by atomic mass is 10.6. The fourth-order valence-electron chi connectivity index (χ4n) is 1.26. The fraction of sp³-hybridized carbons (Fsp3) is 0.818. The van der Waals surface area contributed by atoms with E-state index in [1.165, 1.54) is 0 Å². The molecule has 0 atom stereocenters. The van der Waals surface area contributed by atoms with Crippen LogP contribution in [-0.4, -0.2) is 41.5 Å². The van der Waals surface area contributed by atoms with Crippen LogP contribution in [0.4, 0.5) is 0 Å². The molecule has 0 aliphatic rings. The van der Waals surface area contributed by atoms with E-state index in [1.54, 1.807) is 0 Å². The number of ether oxygens (including phenoxy) is 1. The minimum Gasteiger partial charge on any atom is -0.373 e. The second kappa shape index (κ2) is 9.98. The quantitative estimate of drug-likeness (QED) is 0.337. The Kier molecular flexibility index (Phi) is 9.86. The molecule has 0 bridgehead atoms. The summed E-state index contributed by atoms with van der Waals surface area (Å²) in [5.41, 5.74) is 0. The van der Waals surface area contributed by atoms with Crippen LogP contribution in [0.1, 0.15) is 27.7 Å². The SMILES string of the molecule is CC=CCOC[Si](OCC)(OCC)OCC. The van der Waals surface area contributed by atoms with E-state index in [4.69, 9.17) is 18.0 Å². The van der Waals surface area contributed by atoms with Crippen molar-refractivity contribution in [3.8, 4) is 0 Å². The number of hydrogen-bond acceptors (Lipinski definition) is 4. The molecule has 0 unspecified atom stereocenters. The second-order valence-electron chi connectivity index (χ2n) is 3.07. The lowest BCUT2D eigenvalue weighted by molar-refractivity contribution is 0.0354. The molecule has 0 aromatic heterocycles. The van der Waals surface area contributed by atoms with Gasteiger partial charge in [-0.05, 0) is 27.7 Å². The van der Waals surface area contributed by atoms with Crippen LogP contribution in [-0.2, 0) is 18.0 Å². The highest BCUT2D eigenvalue weighted by Gasteiger charge is 2.40. The number of allylic oxidation sites excluding steroid dienone is 1. The summed E-state index contributed by atoms with van der Waals surface area (Å²) in [4.78, 5) is 0. The molecular weight excluding hydrogens is 224 g/mol. The normalized spacial score (nSPS) is 12.5. The summed E-state index contributed by atoms with van der Waals surface area (Å²) in [5.74, 6) is 0. The summed E-state index contributed by atoms with van der Waals surface area (Å²) in [5, 5.41) is 0. The minimum absolute atomic E-state index is 0.410. The van der Waals surface area contributed by atoms with Gasteiger partial charge in [0.2, 0.25) is 0 Å². The van der Waals surface area contributed by atoms with E-state index in [2.05, 4.69) is 0 Å². The van der Waals surface area contributed by atoms with E-state index in [0.717, 1.165) is 0 Å². The molecular formula is C11H24O4Si. The number of hydrogen-bond donors (Lipinski definition) is 0. The Bertz CT molecular complexity index is 168. The molecule has 0 spiro atoms. The number of rotatable bonds is 10. The van der Waals surface area contributed by atoms with Crippen molar-refractivity contribution in [1.82, 2.24) is 0 Å². The van der Waals surface area contributed by atoms with Crippen LogP contribution in [0, 0.1) is 0 Å². The Morgan fingerprint density at radius 2 is 1.44 bits per heavy atom. The van der Waals surface area contributed by atoms with Gasteiger partial charge in [0.15, 0.2) is 0 Å². The van der Waals surface area contributed by atoms with E-state index in [9.17, 15) is 0 Å². The van der Waals surface area contributed by atoms with E-state index >= 15 is 0 Å². The maximum Gasteiger partial charge on any atom is 0.528 e. The van der Waals surface area contributed by atoms with Crippen molar-refractivity contribution in [3.63, 3.8) is 0 Å². The smallest absolute Gasteiger partial charge is 0.373 e. The van der Waals surface area contributed by atoms with E-state index in [1.807, 2.05) is 39.8 Å². The molecule has 0 saturated heterocycles. The van der Waals surface area contributed by atoms with Gasteiger partial charge >= 0.3 is 8.80 Å². The Morgan fingerprint density at radius 1 is 0.938 bits per heavy atom. The molecule has 0 aliphatic heterocycles. The first-order valence-corrected chi connectivity index (χ1v) is 7.78. The third-order valence-electron chi connectivity index (χ3n) is 1.82. The maximum atomic E-state index is 5.64. The van der Waals surface area contributed by atoms with Gasteiger partial charge in [-0.15, -0.1) is 0 Å². The molecule has 16 heavy (non-hydrogen) atoms. The van der Waals surface area contributed by atoms with Crippen molar-refractivity contribution in [2.45, 2.75) is 27.7 Å². The molecule has 0 aromatic carbocycles. The van der Waals surface area contributed by atoms with Crippen molar-refractivity contribution < 1.29 is 18.0 Å². The lowest BCUT2D eigenvalue weighted by Crippen LogP contribution is -2.51. The summed E-state index contributed by atoms with van der Waals surface area (Å²) < 4.78 is 22.4. The van der Waals surface area contributed by atoms with Crippen molar-refractivity contribution in [3.05, 3.63) is 12.2 Å². The van der Waals surface area contributed by atoms with Crippen LogP contribution in [0.3, 0.4) is 0 Å². The molecule has 0 aromatic rings. The molecule has 0 radical (unpaired) electrons. The molecule has 0 amide bonds. The molecule has 0 rings (SSSR count). The van der Waals surface area contributed by atoms with Gasteiger partial charge in [-0.2, -0.15) is 0 Å².